The summed E-state index contributed by atoms with van der Waals surface area (Å²) in [6.07, 6.45) is 4.22. The Bertz CT molecular complexity index is 1370. The van der Waals surface area contributed by atoms with E-state index in [0.29, 0.717) is 0 Å². The maximum absolute atomic E-state index is 5.31. The Morgan fingerprint density at radius 2 is 1.49 bits per heavy atom. The highest BCUT2D eigenvalue weighted by Crippen LogP contribution is 2.52. The van der Waals surface area contributed by atoms with Gasteiger partial charge in [0.25, 0.3) is 11.6 Å². The first-order valence-corrected chi connectivity index (χ1v) is 13.2. The molecule has 1 aromatic heterocycles. The molecule has 1 aliphatic heterocycles. The summed E-state index contributed by atoms with van der Waals surface area (Å²) in [5.41, 5.74) is 7.75. The summed E-state index contributed by atoms with van der Waals surface area (Å²) in [7, 11) is 0. The summed E-state index contributed by atoms with van der Waals surface area (Å²) < 4.78 is 4.82. The van der Waals surface area contributed by atoms with Crippen molar-refractivity contribution >= 4 is 0 Å². The molecule has 2 unspecified atom stereocenters. The van der Waals surface area contributed by atoms with Gasteiger partial charge >= 0.3 is 0 Å². The molecular weight excluding hydrogens is 426 g/mol. The van der Waals surface area contributed by atoms with Crippen molar-refractivity contribution < 1.29 is 4.57 Å². The molecule has 0 N–H and O–H groups in total. The van der Waals surface area contributed by atoms with E-state index in [4.69, 9.17) is 5.10 Å². The number of hydrogen-bond donors (Lipinski definition) is 0. The maximum Gasteiger partial charge on any atom is 0.279 e. The average molecular weight is 465 g/mol. The second kappa shape index (κ2) is 8.78. The zero-order valence-corrected chi connectivity index (χ0v) is 22.1. The lowest BCUT2D eigenvalue weighted by atomic mass is 9.61. The molecule has 0 fully saturated rings. The van der Waals surface area contributed by atoms with Crippen LogP contribution in [0, 0.1) is 6.92 Å². The topological polar surface area (TPSA) is 21.7 Å². The smallest absolute Gasteiger partial charge is 0.193 e. The van der Waals surface area contributed by atoms with E-state index in [2.05, 4.69) is 124 Å². The highest BCUT2D eigenvalue weighted by Gasteiger charge is 2.56. The first-order chi connectivity index (χ1) is 16.9. The highest BCUT2D eigenvalue weighted by atomic mass is 15.4. The predicted molar refractivity (Wildman–Crippen MR) is 145 cm³/mol. The van der Waals surface area contributed by atoms with Crippen LogP contribution < -0.4 is 4.57 Å². The van der Waals surface area contributed by atoms with Crippen LogP contribution >= 0.6 is 0 Å². The zero-order valence-electron chi connectivity index (χ0n) is 22.1. The maximum atomic E-state index is 5.31. The SMILES string of the molecule is CCCc1cccc(-c2ccccc2)c1-[n+]1c(C)nn2c1-c1ccccc1C(C)(CC)C2(C)CC. The molecular formula is C32H38N3+. The Morgan fingerprint density at radius 3 is 2.17 bits per heavy atom. The van der Waals surface area contributed by atoms with Crippen molar-refractivity contribution in [3.63, 3.8) is 0 Å². The number of fused-ring (bicyclic) bond motifs is 3. The van der Waals surface area contributed by atoms with Crippen molar-refractivity contribution in [1.29, 1.82) is 0 Å². The monoisotopic (exact) mass is 464 g/mol. The van der Waals surface area contributed by atoms with Gasteiger partial charge in [0, 0.05) is 23.0 Å². The Balaban J connectivity index is 1.91. The van der Waals surface area contributed by atoms with Crippen LogP contribution in [0.2, 0.25) is 0 Å². The fourth-order valence-corrected chi connectivity index (χ4v) is 6.30. The number of aromatic nitrogens is 3. The van der Waals surface area contributed by atoms with Gasteiger partial charge in [0.1, 0.15) is 11.2 Å². The third-order valence-corrected chi connectivity index (χ3v) is 8.74. The van der Waals surface area contributed by atoms with Crippen LogP contribution in [-0.2, 0) is 17.4 Å². The van der Waals surface area contributed by atoms with Gasteiger partial charge < -0.3 is 0 Å². The van der Waals surface area contributed by atoms with Crippen LogP contribution in [0.5, 0.6) is 0 Å². The summed E-state index contributed by atoms with van der Waals surface area (Å²) in [6, 6.07) is 26.6. The Kier molecular flexibility index (Phi) is 5.91. The Morgan fingerprint density at radius 1 is 0.800 bits per heavy atom. The van der Waals surface area contributed by atoms with E-state index in [0.717, 1.165) is 31.5 Å². The van der Waals surface area contributed by atoms with Gasteiger partial charge in [-0.1, -0.05) is 101 Å². The van der Waals surface area contributed by atoms with Crippen molar-refractivity contribution in [3.05, 3.63) is 89.7 Å². The Labute approximate surface area is 210 Å². The molecule has 0 saturated heterocycles. The third-order valence-electron chi connectivity index (χ3n) is 8.74. The molecule has 2 atom stereocenters. The number of aryl methyl sites for hydroxylation is 2. The molecule has 35 heavy (non-hydrogen) atoms. The molecule has 0 aliphatic carbocycles. The van der Waals surface area contributed by atoms with Crippen molar-refractivity contribution in [3.8, 4) is 28.2 Å². The van der Waals surface area contributed by atoms with Gasteiger partial charge in [-0.2, -0.15) is 4.57 Å². The van der Waals surface area contributed by atoms with Gasteiger partial charge in [-0.15, -0.1) is 4.68 Å². The zero-order chi connectivity index (χ0) is 24.8. The normalized spacial score (nSPS) is 21.0. The quantitative estimate of drug-likeness (QED) is 0.270. The van der Waals surface area contributed by atoms with Crippen molar-refractivity contribution in [2.45, 2.75) is 78.2 Å². The number of nitrogens with zero attached hydrogens (tertiary/aromatic N) is 3. The molecule has 180 valence electrons. The minimum absolute atomic E-state index is 0.00711. The van der Waals surface area contributed by atoms with E-state index in [1.54, 1.807) is 0 Å². The molecule has 5 rings (SSSR count). The molecule has 3 aromatic carbocycles. The fraction of sp³-hybridized carbons (Fsp3) is 0.375. The summed E-state index contributed by atoms with van der Waals surface area (Å²) >= 11 is 0. The standard InChI is InChI=1S/C32H38N3/c1-7-16-25-19-15-21-26(24-17-11-10-12-18-24)29(25)34-23(4)33-35-30(34)27-20-13-14-22-28(27)31(5,8-2)32(35,6)9-3/h10-15,17-22H,7-9,16H2,1-6H3/q+1. The van der Waals surface area contributed by atoms with Gasteiger partial charge in [-0.25, -0.2) is 0 Å². The van der Waals surface area contributed by atoms with Gasteiger partial charge in [0.2, 0.25) is 0 Å². The fourth-order valence-electron chi connectivity index (χ4n) is 6.30. The summed E-state index contributed by atoms with van der Waals surface area (Å²) in [4.78, 5) is 0. The van der Waals surface area contributed by atoms with E-state index in [1.165, 1.54) is 39.3 Å². The third kappa shape index (κ3) is 3.31. The van der Waals surface area contributed by atoms with Crippen LogP contribution in [0.3, 0.4) is 0 Å². The minimum Gasteiger partial charge on any atom is -0.193 e. The van der Waals surface area contributed by atoms with Crippen molar-refractivity contribution in [2.75, 3.05) is 0 Å². The molecule has 3 heteroatoms. The van der Waals surface area contributed by atoms with Gasteiger partial charge in [0.15, 0.2) is 0 Å². The average Bonchev–Trinajstić information content (AvgIpc) is 3.25. The summed E-state index contributed by atoms with van der Waals surface area (Å²) in [6.45, 7) is 13.9. The second-order valence-corrected chi connectivity index (χ2v) is 10.4. The van der Waals surface area contributed by atoms with E-state index < -0.39 is 0 Å². The molecule has 0 amide bonds. The van der Waals surface area contributed by atoms with Crippen molar-refractivity contribution in [1.82, 2.24) is 9.78 Å². The predicted octanol–water partition coefficient (Wildman–Crippen LogP) is 7.56. The number of hydrogen-bond acceptors (Lipinski definition) is 1. The summed E-state index contributed by atoms with van der Waals surface area (Å²) in [5, 5.41) is 5.31. The first kappa shape index (κ1) is 23.5. The number of para-hydroxylation sites is 1. The van der Waals surface area contributed by atoms with Crippen LogP contribution in [-0.4, -0.2) is 9.78 Å². The molecule has 0 spiro atoms. The first-order valence-electron chi connectivity index (χ1n) is 13.2. The van der Waals surface area contributed by atoms with Crippen LogP contribution in [0.1, 0.15) is 70.8 Å². The molecule has 1 aliphatic rings. The molecule has 3 nitrogen and oxygen atoms in total. The lowest BCUT2D eigenvalue weighted by Gasteiger charge is -2.46. The van der Waals surface area contributed by atoms with Crippen LogP contribution in [0.15, 0.2) is 72.8 Å². The van der Waals surface area contributed by atoms with Crippen molar-refractivity contribution in [2.24, 2.45) is 0 Å². The van der Waals surface area contributed by atoms with Gasteiger partial charge in [0.05, 0.1) is 5.56 Å². The highest BCUT2D eigenvalue weighted by molar-refractivity contribution is 5.73. The molecule has 2 heterocycles. The molecule has 0 saturated carbocycles. The van der Waals surface area contributed by atoms with E-state index in [1.807, 2.05) is 0 Å². The molecule has 0 bridgehead atoms. The van der Waals surface area contributed by atoms with E-state index in [9.17, 15) is 0 Å². The minimum atomic E-state index is -0.131. The Hall–Kier alpha value is -3.20. The van der Waals surface area contributed by atoms with Crippen LogP contribution in [0.4, 0.5) is 0 Å². The second-order valence-electron chi connectivity index (χ2n) is 10.4. The van der Waals surface area contributed by atoms with E-state index >= 15 is 0 Å². The van der Waals surface area contributed by atoms with E-state index in [-0.39, 0.29) is 11.0 Å². The summed E-state index contributed by atoms with van der Waals surface area (Å²) in [5.74, 6) is 2.24. The lowest BCUT2D eigenvalue weighted by Crippen LogP contribution is -2.53. The van der Waals surface area contributed by atoms with Gasteiger partial charge in [-0.3, -0.25) is 0 Å². The molecule has 0 radical (unpaired) electrons. The van der Waals surface area contributed by atoms with Gasteiger partial charge in [-0.05, 0) is 48.9 Å². The van der Waals surface area contributed by atoms with Crippen LogP contribution in [0.25, 0.3) is 28.2 Å². The number of rotatable bonds is 6. The molecule has 4 aromatic rings. The largest absolute Gasteiger partial charge is 0.279 e. The lowest BCUT2D eigenvalue weighted by molar-refractivity contribution is -0.592. The number of benzene rings is 3.